The molecule has 0 N–H and O–H groups in total. The molecule has 0 saturated carbocycles. The minimum atomic E-state index is 0.348. The summed E-state index contributed by atoms with van der Waals surface area (Å²) >= 11 is 1.63. The van der Waals surface area contributed by atoms with Crippen LogP contribution in [0.5, 0.6) is 11.5 Å². The maximum Gasteiger partial charge on any atom is 0.172 e. The summed E-state index contributed by atoms with van der Waals surface area (Å²) in [6.45, 7) is 2.97. The number of hydrogen-bond acceptors (Lipinski definition) is 3. The van der Waals surface area contributed by atoms with Gasteiger partial charge in [-0.05, 0) is 6.42 Å². The summed E-state index contributed by atoms with van der Waals surface area (Å²) in [5.74, 6) is 1.85. The van der Waals surface area contributed by atoms with Gasteiger partial charge >= 0.3 is 0 Å². The van der Waals surface area contributed by atoms with Gasteiger partial charge in [0.1, 0.15) is 6.10 Å². The molecule has 0 saturated heterocycles. The molecule has 0 amide bonds. The summed E-state index contributed by atoms with van der Waals surface area (Å²) in [4.78, 5) is 0. The third kappa shape index (κ3) is 1.97. The van der Waals surface area contributed by atoms with Gasteiger partial charge in [-0.25, -0.2) is 0 Å². The quantitative estimate of drug-likeness (QED) is 0.727. The average molecular weight is 198 g/mol. The van der Waals surface area contributed by atoms with E-state index in [1.54, 1.807) is 11.3 Å². The molecule has 1 atom stereocenters. The van der Waals surface area contributed by atoms with Crippen LogP contribution in [0.4, 0.5) is 0 Å². The Hall–Kier alpha value is -0.700. The fourth-order valence-corrected chi connectivity index (χ4v) is 2.20. The SMILES string of the molecule is CCCC1CCOc2cscc2O1. The first-order valence-electron chi connectivity index (χ1n) is 4.75. The molecule has 0 radical (unpaired) electrons. The molecule has 2 heterocycles. The number of ether oxygens (including phenoxy) is 2. The van der Waals surface area contributed by atoms with Crippen molar-refractivity contribution in [1.82, 2.24) is 0 Å². The third-order valence-electron chi connectivity index (χ3n) is 2.19. The Balaban J connectivity index is 2.07. The molecular weight excluding hydrogens is 184 g/mol. The van der Waals surface area contributed by atoms with E-state index in [9.17, 15) is 0 Å². The second-order valence-electron chi connectivity index (χ2n) is 3.27. The second kappa shape index (κ2) is 4.01. The van der Waals surface area contributed by atoms with Gasteiger partial charge in [-0.2, -0.15) is 0 Å². The van der Waals surface area contributed by atoms with Gasteiger partial charge in [0.2, 0.25) is 0 Å². The summed E-state index contributed by atoms with van der Waals surface area (Å²) in [5.41, 5.74) is 0. The molecule has 1 unspecified atom stereocenters. The standard InChI is InChI=1S/C10H14O2S/c1-2-3-8-4-5-11-9-6-13-7-10(9)12-8/h6-8H,2-5H2,1H3. The zero-order valence-electron chi connectivity index (χ0n) is 7.79. The molecule has 1 aliphatic heterocycles. The van der Waals surface area contributed by atoms with Crippen molar-refractivity contribution >= 4 is 11.3 Å². The Labute approximate surface area is 82.5 Å². The number of fused-ring (bicyclic) bond motifs is 1. The topological polar surface area (TPSA) is 18.5 Å². The van der Waals surface area contributed by atoms with Crippen LogP contribution in [0.2, 0.25) is 0 Å². The van der Waals surface area contributed by atoms with E-state index in [4.69, 9.17) is 9.47 Å². The van der Waals surface area contributed by atoms with Crippen LogP contribution >= 0.6 is 11.3 Å². The minimum Gasteiger partial charge on any atom is -0.489 e. The normalized spacial score (nSPS) is 21.2. The van der Waals surface area contributed by atoms with Gasteiger partial charge in [-0.15, -0.1) is 11.3 Å². The highest BCUT2D eigenvalue weighted by Crippen LogP contribution is 2.35. The van der Waals surface area contributed by atoms with Crippen molar-refractivity contribution in [3.8, 4) is 11.5 Å². The van der Waals surface area contributed by atoms with Crippen molar-refractivity contribution in [3.05, 3.63) is 10.8 Å². The van der Waals surface area contributed by atoms with E-state index < -0.39 is 0 Å². The number of rotatable bonds is 2. The highest BCUT2D eigenvalue weighted by atomic mass is 32.1. The first-order valence-corrected chi connectivity index (χ1v) is 5.70. The summed E-state index contributed by atoms with van der Waals surface area (Å²) < 4.78 is 11.4. The molecule has 2 nitrogen and oxygen atoms in total. The predicted molar refractivity (Wildman–Crippen MR) is 53.8 cm³/mol. The second-order valence-corrected chi connectivity index (χ2v) is 4.01. The van der Waals surface area contributed by atoms with Gasteiger partial charge < -0.3 is 9.47 Å². The van der Waals surface area contributed by atoms with Crippen LogP contribution in [0.15, 0.2) is 10.8 Å². The summed E-state index contributed by atoms with van der Waals surface area (Å²) in [6.07, 6.45) is 3.65. The lowest BCUT2D eigenvalue weighted by atomic mass is 10.1. The molecule has 1 aliphatic rings. The van der Waals surface area contributed by atoms with Crippen molar-refractivity contribution in [2.24, 2.45) is 0 Å². The van der Waals surface area contributed by atoms with Gasteiger partial charge in [-0.3, -0.25) is 0 Å². The van der Waals surface area contributed by atoms with Crippen LogP contribution in [0.1, 0.15) is 26.2 Å². The van der Waals surface area contributed by atoms with E-state index in [2.05, 4.69) is 6.92 Å². The van der Waals surface area contributed by atoms with Gasteiger partial charge in [0.25, 0.3) is 0 Å². The van der Waals surface area contributed by atoms with E-state index in [0.29, 0.717) is 6.10 Å². The van der Waals surface area contributed by atoms with Crippen molar-refractivity contribution in [2.45, 2.75) is 32.3 Å². The molecule has 3 heteroatoms. The first kappa shape index (κ1) is 8.88. The van der Waals surface area contributed by atoms with Gasteiger partial charge in [-0.1, -0.05) is 13.3 Å². The molecule has 0 aliphatic carbocycles. The molecule has 1 aromatic rings. The van der Waals surface area contributed by atoms with E-state index in [-0.39, 0.29) is 0 Å². The van der Waals surface area contributed by atoms with Crippen LogP contribution in [-0.4, -0.2) is 12.7 Å². The molecule has 0 aromatic carbocycles. The third-order valence-corrected chi connectivity index (χ3v) is 2.90. The van der Waals surface area contributed by atoms with Gasteiger partial charge in [0, 0.05) is 17.2 Å². The number of hydrogen-bond donors (Lipinski definition) is 0. The highest BCUT2D eigenvalue weighted by molar-refractivity contribution is 7.08. The van der Waals surface area contributed by atoms with E-state index >= 15 is 0 Å². The lowest BCUT2D eigenvalue weighted by Crippen LogP contribution is -2.16. The molecule has 2 rings (SSSR count). The molecular formula is C10H14O2S. The van der Waals surface area contributed by atoms with Crippen LogP contribution in [0, 0.1) is 0 Å². The van der Waals surface area contributed by atoms with Crippen LogP contribution in [0.3, 0.4) is 0 Å². The maximum atomic E-state index is 5.82. The molecule has 0 bridgehead atoms. The van der Waals surface area contributed by atoms with Crippen LogP contribution in [-0.2, 0) is 0 Å². The summed E-state index contributed by atoms with van der Waals surface area (Å²) in [6, 6.07) is 0. The van der Waals surface area contributed by atoms with E-state index in [0.717, 1.165) is 30.9 Å². The molecule has 72 valence electrons. The Bertz CT molecular complexity index is 270. The summed E-state index contributed by atoms with van der Waals surface area (Å²) in [7, 11) is 0. The van der Waals surface area contributed by atoms with Crippen molar-refractivity contribution < 1.29 is 9.47 Å². The van der Waals surface area contributed by atoms with Crippen LogP contribution < -0.4 is 9.47 Å². The lowest BCUT2D eigenvalue weighted by molar-refractivity contribution is 0.180. The fraction of sp³-hybridized carbons (Fsp3) is 0.600. The van der Waals surface area contributed by atoms with E-state index in [1.807, 2.05) is 10.8 Å². The maximum absolute atomic E-state index is 5.82. The lowest BCUT2D eigenvalue weighted by Gasteiger charge is -2.13. The fourth-order valence-electron chi connectivity index (χ4n) is 1.53. The zero-order chi connectivity index (χ0) is 9.10. The molecule has 13 heavy (non-hydrogen) atoms. The first-order chi connectivity index (χ1) is 6.40. The Kier molecular flexibility index (Phi) is 2.74. The molecule has 0 fully saturated rings. The summed E-state index contributed by atoms with van der Waals surface area (Å²) in [5, 5.41) is 4.02. The molecule has 1 aromatic heterocycles. The highest BCUT2D eigenvalue weighted by Gasteiger charge is 2.18. The minimum absolute atomic E-state index is 0.348. The van der Waals surface area contributed by atoms with Crippen molar-refractivity contribution in [2.75, 3.05) is 6.61 Å². The predicted octanol–water partition coefficient (Wildman–Crippen LogP) is 3.08. The van der Waals surface area contributed by atoms with Crippen molar-refractivity contribution in [3.63, 3.8) is 0 Å². The van der Waals surface area contributed by atoms with Gasteiger partial charge in [0.05, 0.1) is 6.61 Å². The Morgan fingerprint density at radius 3 is 3.15 bits per heavy atom. The van der Waals surface area contributed by atoms with Gasteiger partial charge in [0.15, 0.2) is 11.5 Å². The zero-order valence-corrected chi connectivity index (χ0v) is 8.60. The smallest absolute Gasteiger partial charge is 0.172 e. The van der Waals surface area contributed by atoms with Crippen LogP contribution in [0.25, 0.3) is 0 Å². The largest absolute Gasteiger partial charge is 0.489 e. The molecule has 0 spiro atoms. The Morgan fingerprint density at radius 2 is 2.31 bits per heavy atom. The monoisotopic (exact) mass is 198 g/mol. The average Bonchev–Trinajstić information content (AvgIpc) is 2.46. The van der Waals surface area contributed by atoms with Crippen molar-refractivity contribution in [1.29, 1.82) is 0 Å². The van der Waals surface area contributed by atoms with E-state index in [1.165, 1.54) is 6.42 Å². The number of thiophene rings is 1. The Morgan fingerprint density at radius 1 is 1.46 bits per heavy atom.